The van der Waals surface area contributed by atoms with Gasteiger partial charge in [-0.15, -0.1) is 11.1 Å². The molecule has 2 heteroatoms. The SMILES string of the molecule is C[Si](C)=[Zr].[CH2-]C.[CH2-]C.[c-]1cccc2c1Cc1ccccc1-2.[c-]1cccc2c1Cc1ccccc1-2. The molecule has 0 radical (unpaired) electrons. The molecule has 6 rings (SSSR count). The fourth-order valence-electron chi connectivity index (χ4n) is 4.00. The molecule has 2 aliphatic carbocycles. The first-order valence-electron chi connectivity index (χ1n) is 11.7. The predicted molar refractivity (Wildman–Crippen MR) is 147 cm³/mol. The summed E-state index contributed by atoms with van der Waals surface area (Å²) in [6.45, 7) is 14.6. The Labute approximate surface area is 222 Å². The second-order valence-corrected chi connectivity index (χ2v) is 17.2. The van der Waals surface area contributed by atoms with Gasteiger partial charge >= 0.3 is 41.9 Å². The van der Waals surface area contributed by atoms with Crippen molar-refractivity contribution in [3.05, 3.63) is 133 Å². The van der Waals surface area contributed by atoms with E-state index in [-0.39, 0.29) is 5.43 Å². The van der Waals surface area contributed by atoms with Crippen molar-refractivity contribution in [2.24, 2.45) is 0 Å². The van der Waals surface area contributed by atoms with Crippen LogP contribution in [0.2, 0.25) is 13.1 Å². The van der Waals surface area contributed by atoms with E-state index < -0.39 is 0 Å². The number of rotatable bonds is 0. The zero-order chi connectivity index (χ0) is 24.9. The normalized spacial score (nSPS) is 10.5. The van der Waals surface area contributed by atoms with Crippen molar-refractivity contribution in [3.63, 3.8) is 0 Å². The summed E-state index contributed by atoms with van der Waals surface area (Å²) in [5, 5.41) is 0. The van der Waals surface area contributed by atoms with Gasteiger partial charge < -0.3 is 13.8 Å². The molecule has 34 heavy (non-hydrogen) atoms. The van der Waals surface area contributed by atoms with E-state index >= 15 is 0 Å². The molecule has 0 amide bonds. The Balaban J connectivity index is 0.000000186. The zero-order valence-electron chi connectivity index (χ0n) is 20.9. The van der Waals surface area contributed by atoms with Crippen molar-refractivity contribution in [1.29, 1.82) is 0 Å². The van der Waals surface area contributed by atoms with Gasteiger partial charge in [-0.05, 0) is 12.8 Å². The Morgan fingerprint density at radius 2 is 0.912 bits per heavy atom. The Morgan fingerprint density at radius 1 is 0.588 bits per heavy atom. The van der Waals surface area contributed by atoms with Gasteiger partial charge in [-0.3, -0.25) is 0 Å². The van der Waals surface area contributed by atoms with Crippen molar-refractivity contribution < 1.29 is 23.3 Å². The van der Waals surface area contributed by atoms with E-state index in [1.807, 2.05) is 12.1 Å². The second-order valence-electron chi connectivity index (χ2n) is 7.79. The minimum absolute atomic E-state index is 0.210. The zero-order valence-corrected chi connectivity index (χ0v) is 24.4. The molecule has 174 valence electrons. The van der Waals surface area contributed by atoms with Crippen LogP contribution in [-0.2, 0) is 36.2 Å². The van der Waals surface area contributed by atoms with Crippen LogP contribution in [0.25, 0.3) is 22.3 Å². The van der Waals surface area contributed by atoms with Gasteiger partial charge in [0.25, 0.3) is 0 Å². The van der Waals surface area contributed by atoms with Crippen LogP contribution >= 0.6 is 0 Å². The Morgan fingerprint density at radius 3 is 1.29 bits per heavy atom. The van der Waals surface area contributed by atoms with Crippen LogP contribution in [0.3, 0.4) is 0 Å². The summed E-state index contributed by atoms with van der Waals surface area (Å²) in [6.07, 6.45) is 2.10. The van der Waals surface area contributed by atoms with Crippen molar-refractivity contribution in [2.45, 2.75) is 39.8 Å². The van der Waals surface area contributed by atoms with Gasteiger partial charge in [0.05, 0.1) is 0 Å². The van der Waals surface area contributed by atoms with Crippen LogP contribution in [0.1, 0.15) is 36.1 Å². The molecule has 0 nitrogen and oxygen atoms in total. The van der Waals surface area contributed by atoms with Crippen LogP contribution in [0, 0.1) is 26.0 Å². The van der Waals surface area contributed by atoms with Gasteiger partial charge in [0.1, 0.15) is 0 Å². The quantitative estimate of drug-likeness (QED) is 0.134. The molecule has 2 aliphatic rings. The van der Waals surface area contributed by atoms with E-state index in [1.165, 1.54) is 44.5 Å². The third-order valence-electron chi connectivity index (χ3n) is 5.23. The molecular formula is C32H34SiZr-4. The Kier molecular flexibility index (Phi) is 12.5. The predicted octanol–water partition coefficient (Wildman–Crippen LogP) is 8.58. The van der Waals surface area contributed by atoms with Crippen molar-refractivity contribution >= 4 is 5.43 Å². The fraction of sp³-hybridized carbons (Fsp3) is 0.188. The summed E-state index contributed by atoms with van der Waals surface area (Å²) >= 11 is 1.74. The molecule has 0 fully saturated rings. The average Bonchev–Trinajstić information content (AvgIpc) is 3.45. The van der Waals surface area contributed by atoms with Crippen LogP contribution in [-0.4, -0.2) is 5.43 Å². The summed E-state index contributed by atoms with van der Waals surface area (Å²) in [5.74, 6) is 0. The summed E-state index contributed by atoms with van der Waals surface area (Å²) in [4.78, 5) is 0. The van der Waals surface area contributed by atoms with Crippen molar-refractivity contribution in [3.8, 4) is 22.3 Å². The van der Waals surface area contributed by atoms with Gasteiger partial charge in [-0.1, -0.05) is 70.8 Å². The maximum atomic E-state index is 3.30. The molecule has 0 aromatic heterocycles. The Bertz CT molecular complexity index is 1010. The van der Waals surface area contributed by atoms with Gasteiger partial charge in [0.2, 0.25) is 0 Å². The molecule has 0 bridgehead atoms. The van der Waals surface area contributed by atoms with Gasteiger partial charge in [-0.25, -0.2) is 0 Å². The third-order valence-corrected chi connectivity index (χ3v) is 5.23. The minimum Gasteiger partial charge on any atom is -0.346 e. The molecular weight excluding hydrogens is 504 g/mol. The van der Waals surface area contributed by atoms with E-state index in [4.69, 9.17) is 0 Å². The van der Waals surface area contributed by atoms with Crippen LogP contribution in [0.15, 0.2) is 84.9 Å². The summed E-state index contributed by atoms with van der Waals surface area (Å²) in [6, 6.07) is 36.2. The topological polar surface area (TPSA) is 0 Å². The fourth-order valence-corrected chi connectivity index (χ4v) is 4.00. The van der Waals surface area contributed by atoms with E-state index in [0.717, 1.165) is 12.8 Å². The maximum Gasteiger partial charge on any atom is -0.0253 e. The van der Waals surface area contributed by atoms with Crippen LogP contribution in [0.5, 0.6) is 0 Å². The van der Waals surface area contributed by atoms with E-state index in [1.54, 1.807) is 37.2 Å². The summed E-state index contributed by atoms with van der Waals surface area (Å²) < 4.78 is 0. The molecule has 0 saturated carbocycles. The molecule has 0 atom stereocenters. The molecule has 0 aliphatic heterocycles. The van der Waals surface area contributed by atoms with E-state index in [0.29, 0.717) is 0 Å². The number of hydrogen-bond acceptors (Lipinski definition) is 0. The smallest absolute Gasteiger partial charge is 0.0253 e. The molecule has 0 spiro atoms. The number of hydrogen-bond donors (Lipinski definition) is 0. The number of fused-ring (bicyclic) bond motifs is 6. The largest absolute Gasteiger partial charge is 0.346 e. The minimum atomic E-state index is 0.210. The first-order valence-corrected chi connectivity index (χ1v) is 17.9. The van der Waals surface area contributed by atoms with Crippen LogP contribution in [0.4, 0.5) is 0 Å². The third kappa shape index (κ3) is 7.49. The first-order chi connectivity index (χ1) is 16.6. The van der Waals surface area contributed by atoms with E-state index in [2.05, 4.69) is 112 Å². The standard InChI is InChI=1S/2C13H9.C2H6Si.2C2H5.Zr/c2*1-3-7-12-10(5-1)9-11-6-2-4-8-13(11)12;1-3-2;2*1-2;/h2*1-5,7-8H,9H2;1-2H3;2*1H2,2H3;/q2*-1;;2*-1;. The number of benzene rings is 4. The average molecular weight is 538 g/mol. The molecule has 0 unspecified atom stereocenters. The van der Waals surface area contributed by atoms with E-state index in [9.17, 15) is 0 Å². The van der Waals surface area contributed by atoms with Crippen molar-refractivity contribution in [1.82, 2.24) is 0 Å². The second kappa shape index (κ2) is 15.1. The Hall–Kier alpha value is -2.02. The van der Waals surface area contributed by atoms with Gasteiger partial charge in [0.15, 0.2) is 0 Å². The van der Waals surface area contributed by atoms with Crippen LogP contribution < -0.4 is 0 Å². The monoisotopic (exact) mass is 536 g/mol. The first kappa shape index (κ1) is 28.2. The van der Waals surface area contributed by atoms with Gasteiger partial charge in [-0.2, -0.15) is 73.5 Å². The molecule has 4 aromatic rings. The van der Waals surface area contributed by atoms with Crippen molar-refractivity contribution in [2.75, 3.05) is 0 Å². The maximum absolute atomic E-state index is 3.30. The molecule has 0 saturated heterocycles. The summed E-state index contributed by atoms with van der Waals surface area (Å²) in [5.41, 5.74) is 11.2. The summed E-state index contributed by atoms with van der Waals surface area (Å²) in [7, 11) is 0. The van der Waals surface area contributed by atoms with Gasteiger partial charge in [0, 0.05) is 0 Å². The molecule has 0 heterocycles. The molecule has 4 aromatic carbocycles. The molecule has 0 N–H and O–H groups in total.